The normalized spacial score (nSPS) is 11.1. The van der Waals surface area contributed by atoms with Crippen LogP contribution in [-0.4, -0.2) is 12.5 Å². The first-order chi connectivity index (χ1) is 7.24. The van der Waals surface area contributed by atoms with E-state index in [2.05, 4.69) is 16.9 Å². The molecule has 0 aromatic heterocycles. The maximum Gasteiger partial charge on any atom is 0.189 e. The molecule has 0 atom stereocenters. The van der Waals surface area contributed by atoms with Crippen molar-refractivity contribution in [3.05, 3.63) is 47.5 Å². The summed E-state index contributed by atoms with van der Waals surface area (Å²) in [7, 11) is 0. The number of nitrogens with two attached hydrogens (primary N) is 1. The maximum absolute atomic E-state index is 5.97. The predicted octanol–water partition coefficient (Wildman–Crippen LogP) is 1.93. The quantitative estimate of drug-likeness (QED) is 0.466. The summed E-state index contributed by atoms with van der Waals surface area (Å²) in [6.45, 7) is 4.66. The van der Waals surface area contributed by atoms with Crippen LogP contribution in [0.2, 0.25) is 5.02 Å². The molecule has 15 heavy (non-hydrogen) atoms. The van der Waals surface area contributed by atoms with Crippen molar-refractivity contribution in [3.8, 4) is 0 Å². The van der Waals surface area contributed by atoms with Gasteiger partial charge in [0.2, 0.25) is 0 Å². The summed E-state index contributed by atoms with van der Waals surface area (Å²) < 4.78 is 0. The minimum Gasteiger partial charge on any atom is -0.370 e. The first kappa shape index (κ1) is 11.6. The van der Waals surface area contributed by atoms with Gasteiger partial charge in [0.25, 0.3) is 0 Å². The molecule has 0 amide bonds. The fourth-order valence-electron chi connectivity index (χ4n) is 1.03. The Morgan fingerprint density at radius 3 is 2.93 bits per heavy atom. The van der Waals surface area contributed by atoms with E-state index in [1.165, 1.54) is 0 Å². The molecule has 0 saturated carbocycles. The van der Waals surface area contributed by atoms with E-state index < -0.39 is 0 Å². The second-order valence-corrected chi connectivity index (χ2v) is 3.37. The summed E-state index contributed by atoms with van der Waals surface area (Å²) in [6, 6.07) is 7.56. The summed E-state index contributed by atoms with van der Waals surface area (Å²) in [6.07, 6.45) is 1.72. The van der Waals surface area contributed by atoms with Crippen LogP contribution in [0.5, 0.6) is 0 Å². The first-order valence-electron chi connectivity index (χ1n) is 4.62. The molecule has 0 bridgehead atoms. The topological polar surface area (TPSA) is 50.4 Å². The first-order valence-corrected chi connectivity index (χ1v) is 5.00. The van der Waals surface area contributed by atoms with Gasteiger partial charge in [0.1, 0.15) is 0 Å². The number of hydrogen-bond acceptors (Lipinski definition) is 1. The lowest BCUT2D eigenvalue weighted by Gasteiger charge is -2.03. The largest absolute Gasteiger partial charge is 0.370 e. The zero-order valence-electron chi connectivity index (χ0n) is 8.41. The second kappa shape index (κ2) is 6.09. The third kappa shape index (κ3) is 4.04. The highest BCUT2D eigenvalue weighted by atomic mass is 35.5. The highest BCUT2D eigenvalue weighted by molar-refractivity contribution is 6.31. The van der Waals surface area contributed by atoms with Crippen molar-refractivity contribution in [2.45, 2.75) is 6.54 Å². The van der Waals surface area contributed by atoms with E-state index in [0.29, 0.717) is 24.1 Å². The third-order valence-corrected chi connectivity index (χ3v) is 2.17. The van der Waals surface area contributed by atoms with Crippen LogP contribution in [-0.2, 0) is 6.54 Å². The van der Waals surface area contributed by atoms with Crippen molar-refractivity contribution in [1.29, 1.82) is 0 Å². The average molecular weight is 224 g/mol. The van der Waals surface area contributed by atoms with Crippen LogP contribution in [0.4, 0.5) is 0 Å². The van der Waals surface area contributed by atoms with Crippen LogP contribution in [0.1, 0.15) is 5.56 Å². The van der Waals surface area contributed by atoms with Crippen LogP contribution >= 0.6 is 11.6 Å². The summed E-state index contributed by atoms with van der Waals surface area (Å²) >= 11 is 5.97. The molecular weight excluding hydrogens is 210 g/mol. The fourth-order valence-corrected chi connectivity index (χ4v) is 1.23. The number of aliphatic imine (C=N–C) groups is 1. The molecule has 80 valence electrons. The van der Waals surface area contributed by atoms with Crippen molar-refractivity contribution in [2.24, 2.45) is 10.7 Å². The monoisotopic (exact) mass is 223 g/mol. The summed E-state index contributed by atoms with van der Waals surface area (Å²) in [5, 5.41) is 3.59. The molecule has 0 aliphatic heterocycles. The Morgan fingerprint density at radius 1 is 1.53 bits per heavy atom. The molecule has 3 N–H and O–H groups in total. The molecule has 4 heteroatoms. The lowest BCUT2D eigenvalue weighted by molar-refractivity contribution is 0.970. The van der Waals surface area contributed by atoms with Gasteiger partial charge in [-0.15, -0.1) is 6.58 Å². The average Bonchev–Trinajstić information content (AvgIpc) is 2.25. The Labute approximate surface area is 94.7 Å². The van der Waals surface area contributed by atoms with Gasteiger partial charge in [-0.1, -0.05) is 35.9 Å². The zero-order valence-corrected chi connectivity index (χ0v) is 9.17. The van der Waals surface area contributed by atoms with Gasteiger partial charge < -0.3 is 11.1 Å². The van der Waals surface area contributed by atoms with Crippen molar-refractivity contribution in [3.63, 3.8) is 0 Å². The highest BCUT2D eigenvalue weighted by Crippen LogP contribution is 2.15. The molecule has 1 rings (SSSR count). The molecule has 0 saturated heterocycles. The number of nitrogens with one attached hydrogen (secondary N) is 1. The molecule has 1 aromatic rings. The van der Waals surface area contributed by atoms with Gasteiger partial charge in [0.15, 0.2) is 5.96 Å². The highest BCUT2D eigenvalue weighted by Gasteiger charge is 1.97. The molecule has 1 aromatic carbocycles. The van der Waals surface area contributed by atoms with Crippen LogP contribution in [0.3, 0.4) is 0 Å². The minimum atomic E-state index is 0.398. The van der Waals surface area contributed by atoms with E-state index in [1.54, 1.807) is 6.08 Å². The minimum absolute atomic E-state index is 0.398. The van der Waals surface area contributed by atoms with Gasteiger partial charge in [-0.05, 0) is 11.6 Å². The number of rotatable bonds is 4. The maximum atomic E-state index is 5.97. The standard InChI is InChI=1S/C11H14ClN3/c1-2-7-14-11(13)15-8-9-5-3-4-6-10(9)12/h2-6H,1,7-8H2,(H3,13,14,15). The second-order valence-electron chi connectivity index (χ2n) is 2.96. The van der Waals surface area contributed by atoms with E-state index in [9.17, 15) is 0 Å². The Balaban J connectivity index is 2.55. The lowest BCUT2D eigenvalue weighted by atomic mass is 10.2. The lowest BCUT2D eigenvalue weighted by Crippen LogP contribution is -2.31. The zero-order chi connectivity index (χ0) is 11.1. The molecule has 0 heterocycles. The number of benzene rings is 1. The Bertz CT molecular complexity index is 361. The molecule has 0 fully saturated rings. The van der Waals surface area contributed by atoms with Gasteiger partial charge in [-0.3, -0.25) is 0 Å². The van der Waals surface area contributed by atoms with Crippen molar-refractivity contribution < 1.29 is 0 Å². The molecule has 0 aliphatic carbocycles. The number of halogens is 1. The van der Waals surface area contributed by atoms with Crippen LogP contribution < -0.4 is 11.1 Å². The smallest absolute Gasteiger partial charge is 0.189 e. The van der Waals surface area contributed by atoms with E-state index in [0.717, 1.165) is 5.56 Å². The van der Waals surface area contributed by atoms with Gasteiger partial charge in [0, 0.05) is 11.6 Å². The molecule has 3 nitrogen and oxygen atoms in total. The van der Waals surface area contributed by atoms with Gasteiger partial charge >= 0.3 is 0 Å². The van der Waals surface area contributed by atoms with E-state index in [-0.39, 0.29) is 0 Å². The van der Waals surface area contributed by atoms with E-state index >= 15 is 0 Å². The van der Waals surface area contributed by atoms with Gasteiger partial charge in [-0.2, -0.15) is 0 Å². The van der Waals surface area contributed by atoms with Crippen molar-refractivity contribution in [1.82, 2.24) is 5.32 Å². The molecular formula is C11H14ClN3. The van der Waals surface area contributed by atoms with Gasteiger partial charge in [0.05, 0.1) is 6.54 Å². The fraction of sp³-hybridized carbons (Fsp3) is 0.182. The molecule has 0 unspecified atom stereocenters. The molecule has 0 radical (unpaired) electrons. The molecule has 0 spiro atoms. The third-order valence-electron chi connectivity index (χ3n) is 1.81. The number of hydrogen-bond donors (Lipinski definition) is 2. The predicted molar refractivity (Wildman–Crippen MR) is 65.0 cm³/mol. The van der Waals surface area contributed by atoms with Crippen molar-refractivity contribution >= 4 is 17.6 Å². The SMILES string of the molecule is C=CCNC(N)=NCc1ccccc1Cl. The summed E-state index contributed by atoms with van der Waals surface area (Å²) in [4.78, 5) is 4.14. The Kier molecular flexibility index (Phi) is 4.71. The van der Waals surface area contributed by atoms with Gasteiger partial charge in [-0.25, -0.2) is 4.99 Å². The molecule has 0 aliphatic rings. The summed E-state index contributed by atoms with van der Waals surface area (Å²) in [5.74, 6) is 0.398. The Morgan fingerprint density at radius 2 is 2.27 bits per heavy atom. The van der Waals surface area contributed by atoms with Crippen LogP contribution in [0.25, 0.3) is 0 Å². The van der Waals surface area contributed by atoms with E-state index in [4.69, 9.17) is 17.3 Å². The summed E-state index contributed by atoms with van der Waals surface area (Å²) in [5.41, 5.74) is 6.57. The van der Waals surface area contributed by atoms with Crippen molar-refractivity contribution in [2.75, 3.05) is 6.54 Å². The Hall–Kier alpha value is -1.48. The van der Waals surface area contributed by atoms with Crippen LogP contribution in [0, 0.1) is 0 Å². The number of nitrogens with zero attached hydrogens (tertiary/aromatic N) is 1. The van der Waals surface area contributed by atoms with Crippen LogP contribution in [0.15, 0.2) is 41.9 Å². The van der Waals surface area contributed by atoms with E-state index in [1.807, 2.05) is 24.3 Å². The number of guanidine groups is 1.